The van der Waals surface area contributed by atoms with Crippen LogP contribution in [-0.4, -0.2) is 13.2 Å². The Morgan fingerprint density at radius 2 is 1.42 bits per heavy atom. The summed E-state index contributed by atoms with van der Waals surface area (Å²) in [6.45, 7) is 6.13. The van der Waals surface area contributed by atoms with E-state index in [1.54, 1.807) is 0 Å². The maximum absolute atomic E-state index is 5.24. The average Bonchev–Trinajstić information content (AvgIpc) is 2.03. The number of unbranched alkanes of at least 4 members (excludes halogenated alkanes) is 5. The topological polar surface area (TPSA) is 9.23 Å². The Hall–Kier alpha value is -0.0400. The Morgan fingerprint density at radius 3 is 2.00 bits per heavy atom. The molecule has 1 heteroatoms. The molecule has 0 rings (SSSR count). The molecule has 0 radical (unpaired) electrons. The third-order valence-electron chi connectivity index (χ3n) is 1.85. The maximum atomic E-state index is 5.24. The molecule has 0 fully saturated rings. The molecule has 0 aliphatic heterocycles. The van der Waals surface area contributed by atoms with Gasteiger partial charge in [-0.1, -0.05) is 46.5 Å². The van der Waals surface area contributed by atoms with Gasteiger partial charge in [-0.25, -0.2) is 0 Å². The molecule has 0 aliphatic carbocycles. The second-order valence-electron chi connectivity index (χ2n) is 2.96. The van der Waals surface area contributed by atoms with Crippen LogP contribution >= 0.6 is 0 Å². The van der Waals surface area contributed by atoms with Gasteiger partial charge in [0.15, 0.2) is 0 Å². The second kappa shape index (κ2) is 13.5. The van der Waals surface area contributed by atoms with Crippen LogP contribution in [0.15, 0.2) is 0 Å². The Bertz CT molecular complexity index is 54.0. The fraction of sp³-hybridized carbons (Fsp3) is 1.00. The standard InChI is InChI=1S/C10H22O.CH4/c1-3-5-6-7-8-9-10-11-4-2;/h3-10H2,1-2H3;1H4. The van der Waals surface area contributed by atoms with E-state index in [-0.39, 0.29) is 7.43 Å². The highest BCUT2D eigenvalue weighted by molar-refractivity contribution is 4.42. The third-order valence-corrected chi connectivity index (χ3v) is 1.85. The molecule has 0 amide bonds. The first-order valence-corrected chi connectivity index (χ1v) is 4.99. The quantitative estimate of drug-likeness (QED) is 0.505. The van der Waals surface area contributed by atoms with Gasteiger partial charge in [-0.05, 0) is 13.3 Å². The van der Waals surface area contributed by atoms with Gasteiger partial charge < -0.3 is 4.74 Å². The summed E-state index contributed by atoms with van der Waals surface area (Å²) in [7, 11) is 0. The normalized spacial score (nSPS) is 9.50. The van der Waals surface area contributed by atoms with E-state index >= 15 is 0 Å². The molecule has 0 spiro atoms. The molecular weight excluding hydrogens is 148 g/mol. The Labute approximate surface area is 78.5 Å². The van der Waals surface area contributed by atoms with Crippen molar-refractivity contribution < 1.29 is 4.74 Å². The van der Waals surface area contributed by atoms with Gasteiger partial charge in [0.2, 0.25) is 0 Å². The number of ether oxygens (including phenoxy) is 1. The van der Waals surface area contributed by atoms with E-state index in [4.69, 9.17) is 4.74 Å². The predicted molar refractivity (Wildman–Crippen MR) is 56.6 cm³/mol. The lowest BCUT2D eigenvalue weighted by molar-refractivity contribution is 0.143. The minimum atomic E-state index is 0. The summed E-state index contributed by atoms with van der Waals surface area (Å²) in [6, 6.07) is 0. The molecule has 0 saturated heterocycles. The molecule has 0 N–H and O–H groups in total. The first-order valence-electron chi connectivity index (χ1n) is 4.99. The summed E-state index contributed by atoms with van der Waals surface area (Å²) < 4.78 is 5.24. The van der Waals surface area contributed by atoms with Crippen molar-refractivity contribution >= 4 is 0 Å². The van der Waals surface area contributed by atoms with Crippen molar-refractivity contribution in [3.05, 3.63) is 0 Å². The van der Waals surface area contributed by atoms with Crippen molar-refractivity contribution in [2.75, 3.05) is 13.2 Å². The van der Waals surface area contributed by atoms with Gasteiger partial charge >= 0.3 is 0 Å². The van der Waals surface area contributed by atoms with Crippen LogP contribution in [0.4, 0.5) is 0 Å². The van der Waals surface area contributed by atoms with Gasteiger partial charge in [-0.15, -0.1) is 0 Å². The van der Waals surface area contributed by atoms with Crippen molar-refractivity contribution in [3.8, 4) is 0 Å². The predicted octanol–water partition coefficient (Wildman–Crippen LogP) is 4.02. The highest BCUT2D eigenvalue weighted by atomic mass is 16.5. The van der Waals surface area contributed by atoms with Crippen LogP contribution in [0, 0.1) is 0 Å². The molecule has 0 bridgehead atoms. The molecular formula is C11H26O. The number of hydrogen-bond donors (Lipinski definition) is 0. The first-order chi connectivity index (χ1) is 5.41. The Kier molecular flexibility index (Phi) is 16.3. The zero-order chi connectivity index (χ0) is 8.36. The smallest absolute Gasteiger partial charge is 0.0465 e. The first kappa shape index (κ1) is 14.5. The van der Waals surface area contributed by atoms with Gasteiger partial charge in [0.1, 0.15) is 0 Å². The Balaban J connectivity index is 0. The van der Waals surface area contributed by atoms with Gasteiger partial charge in [-0.2, -0.15) is 0 Å². The minimum Gasteiger partial charge on any atom is -0.382 e. The minimum absolute atomic E-state index is 0. The fourth-order valence-electron chi connectivity index (χ4n) is 1.13. The average molecular weight is 174 g/mol. The van der Waals surface area contributed by atoms with Crippen LogP contribution in [0.1, 0.15) is 59.8 Å². The molecule has 0 aromatic rings. The van der Waals surface area contributed by atoms with Crippen molar-refractivity contribution in [1.82, 2.24) is 0 Å². The van der Waals surface area contributed by atoms with Gasteiger partial charge in [0.05, 0.1) is 0 Å². The SMILES string of the molecule is C.CCCCCCCCOCC. The molecule has 1 nitrogen and oxygen atoms in total. The van der Waals surface area contributed by atoms with Gasteiger partial charge in [0.25, 0.3) is 0 Å². The van der Waals surface area contributed by atoms with E-state index in [0.717, 1.165) is 13.2 Å². The van der Waals surface area contributed by atoms with E-state index in [1.807, 2.05) is 0 Å². The highest BCUT2D eigenvalue weighted by Crippen LogP contribution is 2.04. The summed E-state index contributed by atoms with van der Waals surface area (Å²) >= 11 is 0. The van der Waals surface area contributed by atoms with Crippen LogP contribution < -0.4 is 0 Å². The zero-order valence-electron chi connectivity index (χ0n) is 8.07. The summed E-state index contributed by atoms with van der Waals surface area (Å²) in [5.74, 6) is 0. The Morgan fingerprint density at radius 1 is 0.833 bits per heavy atom. The van der Waals surface area contributed by atoms with Crippen LogP contribution in [-0.2, 0) is 4.74 Å². The molecule has 76 valence electrons. The fourth-order valence-corrected chi connectivity index (χ4v) is 1.13. The van der Waals surface area contributed by atoms with Gasteiger partial charge in [0, 0.05) is 13.2 Å². The maximum Gasteiger partial charge on any atom is 0.0465 e. The van der Waals surface area contributed by atoms with E-state index in [0.29, 0.717) is 0 Å². The molecule has 0 heterocycles. The molecule has 0 atom stereocenters. The van der Waals surface area contributed by atoms with Crippen LogP contribution in [0.2, 0.25) is 0 Å². The monoisotopic (exact) mass is 174 g/mol. The van der Waals surface area contributed by atoms with E-state index in [9.17, 15) is 0 Å². The van der Waals surface area contributed by atoms with E-state index < -0.39 is 0 Å². The molecule has 0 aromatic carbocycles. The van der Waals surface area contributed by atoms with E-state index in [1.165, 1.54) is 38.5 Å². The molecule has 12 heavy (non-hydrogen) atoms. The zero-order valence-corrected chi connectivity index (χ0v) is 8.07. The largest absolute Gasteiger partial charge is 0.382 e. The second-order valence-corrected chi connectivity index (χ2v) is 2.96. The van der Waals surface area contributed by atoms with Crippen molar-refractivity contribution in [1.29, 1.82) is 0 Å². The van der Waals surface area contributed by atoms with Crippen molar-refractivity contribution in [2.24, 2.45) is 0 Å². The van der Waals surface area contributed by atoms with E-state index in [2.05, 4.69) is 13.8 Å². The van der Waals surface area contributed by atoms with Crippen LogP contribution in [0.25, 0.3) is 0 Å². The van der Waals surface area contributed by atoms with Crippen molar-refractivity contribution in [2.45, 2.75) is 59.8 Å². The molecule has 0 aliphatic rings. The van der Waals surface area contributed by atoms with Crippen LogP contribution in [0.3, 0.4) is 0 Å². The van der Waals surface area contributed by atoms with Crippen molar-refractivity contribution in [3.63, 3.8) is 0 Å². The number of hydrogen-bond acceptors (Lipinski definition) is 1. The molecule has 0 unspecified atom stereocenters. The molecule has 0 saturated carbocycles. The summed E-state index contributed by atoms with van der Waals surface area (Å²) in [4.78, 5) is 0. The molecule has 0 aromatic heterocycles. The lowest BCUT2D eigenvalue weighted by Crippen LogP contribution is -1.92. The summed E-state index contributed by atoms with van der Waals surface area (Å²) in [6.07, 6.45) is 8.13. The lowest BCUT2D eigenvalue weighted by atomic mass is 10.1. The summed E-state index contributed by atoms with van der Waals surface area (Å²) in [5.41, 5.74) is 0. The van der Waals surface area contributed by atoms with Crippen LogP contribution in [0.5, 0.6) is 0 Å². The lowest BCUT2D eigenvalue weighted by Gasteiger charge is -2.00. The van der Waals surface area contributed by atoms with Gasteiger partial charge in [-0.3, -0.25) is 0 Å². The summed E-state index contributed by atoms with van der Waals surface area (Å²) in [5, 5.41) is 0. The third kappa shape index (κ3) is 12.6. The highest BCUT2D eigenvalue weighted by Gasteiger charge is 1.88. The number of rotatable bonds is 8.